The molecule has 6 nitrogen and oxygen atoms in total. The van der Waals surface area contributed by atoms with E-state index in [0.29, 0.717) is 6.61 Å². The van der Waals surface area contributed by atoms with E-state index in [9.17, 15) is 9.59 Å². The van der Waals surface area contributed by atoms with Crippen molar-refractivity contribution in [1.29, 1.82) is 0 Å². The van der Waals surface area contributed by atoms with Gasteiger partial charge < -0.3 is 18.6 Å². The molecule has 2 atom stereocenters. The molecule has 0 spiro atoms. The summed E-state index contributed by atoms with van der Waals surface area (Å²) < 4.78 is 23.0. The molecule has 0 radical (unpaired) electrons. The number of hydrogen-bond donors (Lipinski definition) is 0. The van der Waals surface area contributed by atoms with Crippen LogP contribution < -0.4 is 0 Å². The number of ether oxygens (including phenoxy) is 3. The number of rotatable bonds is 7. The van der Waals surface area contributed by atoms with Crippen LogP contribution in [0.3, 0.4) is 0 Å². The zero-order valence-electron chi connectivity index (χ0n) is 17.4. The van der Waals surface area contributed by atoms with Crippen LogP contribution in [0.25, 0.3) is 0 Å². The third kappa shape index (κ3) is 5.06. The second-order valence-corrected chi connectivity index (χ2v) is 22.5. The van der Waals surface area contributed by atoms with Crippen LogP contribution >= 0.6 is 0 Å². The molecule has 1 rings (SSSR count). The zero-order valence-corrected chi connectivity index (χ0v) is 19.4. The van der Waals surface area contributed by atoms with Gasteiger partial charge in [-0.05, 0) is 52.8 Å². The van der Waals surface area contributed by atoms with Gasteiger partial charge in [0.05, 0.1) is 19.3 Å². The first-order valence-corrected chi connectivity index (χ1v) is 15.8. The summed E-state index contributed by atoms with van der Waals surface area (Å²) in [5.41, 5.74) is -1.17. The topological polar surface area (TPSA) is 71.1 Å². The Morgan fingerprint density at radius 1 is 1.19 bits per heavy atom. The van der Waals surface area contributed by atoms with Crippen molar-refractivity contribution in [3.05, 3.63) is 12.2 Å². The summed E-state index contributed by atoms with van der Waals surface area (Å²) in [7, 11) is -3.17. The Hall–Kier alpha value is -0.966. The molecule has 0 saturated carbocycles. The van der Waals surface area contributed by atoms with Crippen LogP contribution in [0.2, 0.25) is 25.7 Å². The molecule has 0 aromatic rings. The van der Waals surface area contributed by atoms with E-state index in [1.807, 2.05) is 13.8 Å². The number of methoxy groups -OCH3 is 1. The summed E-state index contributed by atoms with van der Waals surface area (Å²) in [4.78, 5) is 23.6. The molecule has 8 heteroatoms. The third-order valence-corrected chi connectivity index (χ3v) is 23.1. The van der Waals surface area contributed by atoms with Gasteiger partial charge in [-0.15, -0.1) is 0 Å². The Morgan fingerprint density at radius 3 is 2.27 bits per heavy atom. The molecule has 0 aliphatic carbocycles. The molecule has 1 saturated heterocycles. The Balaban J connectivity index is 3.15. The van der Waals surface area contributed by atoms with Gasteiger partial charge in [0.2, 0.25) is 0 Å². The Kier molecular flexibility index (Phi) is 7.43. The maximum absolute atomic E-state index is 12.4. The van der Waals surface area contributed by atoms with Crippen LogP contribution in [0, 0.1) is 0 Å². The first-order chi connectivity index (χ1) is 11.8. The van der Waals surface area contributed by atoms with Crippen molar-refractivity contribution >= 4 is 27.4 Å². The number of hydrogen-bond acceptors (Lipinski definition) is 6. The summed E-state index contributed by atoms with van der Waals surface area (Å²) in [6, 6.07) is 0.966. The predicted octanol–water partition coefficient (Wildman–Crippen LogP) is 3.50. The van der Waals surface area contributed by atoms with E-state index in [-0.39, 0.29) is 5.60 Å². The maximum Gasteiger partial charge on any atom is 0.333 e. The van der Waals surface area contributed by atoms with Crippen molar-refractivity contribution in [3.63, 3.8) is 0 Å². The van der Waals surface area contributed by atoms with Gasteiger partial charge in [-0.3, -0.25) is 0 Å². The van der Waals surface area contributed by atoms with Crippen LogP contribution in [0.4, 0.5) is 0 Å². The minimum absolute atomic E-state index is 0.164. The van der Waals surface area contributed by atoms with Gasteiger partial charge in [0.1, 0.15) is 0 Å². The molecule has 150 valence electrons. The number of carbonyl (C=O) groups excluding carboxylic acids is 2. The summed E-state index contributed by atoms with van der Waals surface area (Å²) in [5.74, 6) is -1.20. The van der Waals surface area contributed by atoms with Gasteiger partial charge in [0.25, 0.3) is 0 Å². The summed E-state index contributed by atoms with van der Waals surface area (Å²) in [6.45, 7) is 15.2. The predicted molar refractivity (Wildman–Crippen MR) is 106 cm³/mol. The maximum atomic E-state index is 12.4. The molecule has 1 aliphatic rings. The molecule has 2 unspecified atom stereocenters. The lowest BCUT2D eigenvalue weighted by Gasteiger charge is -2.56. The van der Waals surface area contributed by atoms with Crippen molar-refractivity contribution in [3.8, 4) is 0 Å². The normalized spacial score (nSPS) is 26.9. The van der Waals surface area contributed by atoms with E-state index >= 15 is 0 Å². The van der Waals surface area contributed by atoms with E-state index in [1.165, 1.54) is 7.11 Å². The zero-order chi connectivity index (χ0) is 20.2. The van der Waals surface area contributed by atoms with Gasteiger partial charge in [0.15, 0.2) is 20.8 Å². The Morgan fingerprint density at radius 2 is 1.77 bits per heavy atom. The molecule has 26 heavy (non-hydrogen) atoms. The van der Waals surface area contributed by atoms with Gasteiger partial charge in [-0.1, -0.05) is 13.5 Å². The standard InChI is InChI=1S/C18H34O6Si2/c1-9-13-22-18(4,23-16(20)11-10-15(19)21-5)26(8)14-12-17(2,3)24-25(26,6)7/h10-11H,9,12-14H2,1-8H3. The fraction of sp³-hybridized carbons (Fsp3) is 0.778. The summed E-state index contributed by atoms with van der Waals surface area (Å²) in [5, 5.41) is 0. The average molecular weight is 403 g/mol. The quantitative estimate of drug-likeness (QED) is 0.281. The lowest BCUT2D eigenvalue weighted by molar-refractivity contribution is -0.188. The van der Waals surface area contributed by atoms with Crippen LogP contribution in [-0.2, 0) is 28.2 Å². The lowest BCUT2D eigenvalue weighted by Crippen LogP contribution is -2.76. The average Bonchev–Trinajstić information content (AvgIpc) is 2.53. The van der Waals surface area contributed by atoms with Crippen molar-refractivity contribution in [1.82, 2.24) is 0 Å². The second-order valence-electron chi connectivity index (χ2n) is 8.28. The minimum Gasteiger partial charge on any atom is -0.466 e. The van der Waals surface area contributed by atoms with E-state index in [4.69, 9.17) is 13.9 Å². The molecule has 1 fully saturated rings. The van der Waals surface area contributed by atoms with E-state index in [2.05, 4.69) is 38.2 Å². The SMILES string of the molecule is CCCOC(C)(OC(=O)C=CC(=O)OC)[Si]1(C)CCC(C)(C)O[Si]1(C)C. The molecule has 0 amide bonds. The van der Waals surface area contributed by atoms with E-state index in [0.717, 1.165) is 31.0 Å². The van der Waals surface area contributed by atoms with Crippen molar-refractivity contribution in [2.24, 2.45) is 0 Å². The van der Waals surface area contributed by atoms with Crippen molar-refractivity contribution in [2.45, 2.75) is 77.2 Å². The first-order valence-electron chi connectivity index (χ1n) is 9.15. The number of esters is 2. The minimum atomic E-state index is -2.27. The van der Waals surface area contributed by atoms with E-state index in [1.54, 1.807) is 0 Å². The molecule has 0 bridgehead atoms. The summed E-state index contributed by atoms with van der Waals surface area (Å²) >= 11 is 0. The van der Waals surface area contributed by atoms with Crippen LogP contribution in [0.15, 0.2) is 12.2 Å². The highest BCUT2D eigenvalue weighted by molar-refractivity contribution is 7.39. The van der Waals surface area contributed by atoms with Crippen molar-refractivity contribution < 1.29 is 28.2 Å². The van der Waals surface area contributed by atoms with E-state index < -0.39 is 32.8 Å². The van der Waals surface area contributed by atoms with Gasteiger partial charge in [0, 0.05) is 12.2 Å². The smallest absolute Gasteiger partial charge is 0.333 e. The van der Waals surface area contributed by atoms with Gasteiger partial charge in [-0.2, -0.15) is 0 Å². The molecule has 0 aromatic carbocycles. The molecular weight excluding hydrogens is 368 g/mol. The fourth-order valence-electron chi connectivity index (χ4n) is 3.51. The number of carbonyl (C=O) groups is 2. The lowest BCUT2D eigenvalue weighted by atomic mass is 10.1. The molecule has 0 N–H and O–H groups in total. The summed E-state index contributed by atoms with van der Waals surface area (Å²) in [6.07, 6.45) is 3.89. The second kappa shape index (κ2) is 8.37. The highest BCUT2D eigenvalue weighted by Gasteiger charge is 2.65. The fourth-order valence-corrected chi connectivity index (χ4v) is 16.6. The highest BCUT2D eigenvalue weighted by Crippen LogP contribution is 2.45. The molecule has 1 aliphatic heterocycles. The monoisotopic (exact) mass is 402 g/mol. The van der Waals surface area contributed by atoms with Gasteiger partial charge >= 0.3 is 11.9 Å². The Labute approximate surface area is 159 Å². The van der Waals surface area contributed by atoms with Crippen LogP contribution in [-0.4, -0.2) is 52.1 Å². The van der Waals surface area contributed by atoms with Gasteiger partial charge in [-0.25, -0.2) is 9.59 Å². The Bertz CT molecular complexity index is 560. The van der Waals surface area contributed by atoms with Crippen LogP contribution in [0.5, 0.6) is 0 Å². The van der Waals surface area contributed by atoms with Crippen molar-refractivity contribution in [2.75, 3.05) is 13.7 Å². The highest BCUT2D eigenvalue weighted by atomic mass is 29.3. The largest absolute Gasteiger partial charge is 0.466 e. The molecule has 0 aromatic heterocycles. The van der Waals surface area contributed by atoms with Crippen LogP contribution in [0.1, 0.15) is 40.5 Å². The molecular formula is C18H34O6Si2. The molecule has 1 heterocycles. The first kappa shape index (κ1) is 23.1. The third-order valence-electron chi connectivity index (χ3n) is 5.52.